The summed E-state index contributed by atoms with van der Waals surface area (Å²) in [6.45, 7) is 2.39. The molecule has 0 unspecified atom stereocenters. The van der Waals surface area contributed by atoms with Crippen molar-refractivity contribution in [2.45, 2.75) is 6.92 Å². The van der Waals surface area contributed by atoms with Crippen molar-refractivity contribution in [2.24, 2.45) is 0 Å². The second-order valence-corrected chi connectivity index (χ2v) is 4.31. The fraction of sp³-hybridized carbons (Fsp3) is 0.188. The Balaban J connectivity index is 1.81. The van der Waals surface area contributed by atoms with Gasteiger partial charge in [-0.25, -0.2) is 9.18 Å². The summed E-state index contributed by atoms with van der Waals surface area (Å²) in [7, 11) is 0. The molecule has 0 atom stereocenters. The largest absolute Gasteiger partial charge is 0.490 e. The molecule has 2 aromatic carbocycles. The summed E-state index contributed by atoms with van der Waals surface area (Å²) in [6, 6.07) is 12.2. The quantitative estimate of drug-likeness (QED) is 0.804. The predicted molar refractivity (Wildman–Crippen MR) is 81.7 cm³/mol. The minimum absolute atomic E-state index is 0.0168. The highest BCUT2D eigenvalue weighted by molar-refractivity contribution is 5.89. The molecule has 0 aliphatic rings. The maximum atomic E-state index is 12.8. The summed E-state index contributed by atoms with van der Waals surface area (Å²) in [4.78, 5) is 11.7. The van der Waals surface area contributed by atoms with Crippen LogP contribution in [-0.4, -0.2) is 19.4 Å². The highest BCUT2D eigenvalue weighted by Gasteiger charge is 2.05. The van der Waals surface area contributed by atoms with Crippen molar-refractivity contribution < 1.29 is 18.7 Å². The first-order valence-corrected chi connectivity index (χ1v) is 6.84. The number of benzene rings is 2. The number of nitrogens with one attached hydrogen (secondary N) is 2. The normalized spacial score (nSPS) is 9.91. The molecule has 2 aromatic rings. The summed E-state index contributed by atoms with van der Waals surface area (Å²) < 4.78 is 23.6. The topological polar surface area (TPSA) is 59.6 Å². The predicted octanol–water partition coefficient (Wildman–Crippen LogP) is 3.38. The minimum Gasteiger partial charge on any atom is -0.490 e. The molecular weight excluding hydrogens is 287 g/mol. The average Bonchev–Trinajstić information content (AvgIpc) is 2.51. The fourth-order valence-corrected chi connectivity index (χ4v) is 1.73. The van der Waals surface area contributed by atoms with Crippen LogP contribution >= 0.6 is 0 Å². The van der Waals surface area contributed by atoms with Gasteiger partial charge in [0.05, 0.1) is 6.61 Å². The molecule has 0 aliphatic heterocycles. The first-order valence-electron chi connectivity index (χ1n) is 6.84. The van der Waals surface area contributed by atoms with Crippen LogP contribution in [0.1, 0.15) is 6.92 Å². The van der Waals surface area contributed by atoms with E-state index in [9.17, 15) is 9.18 Å². The molecule has 22 heavy (non-hydrogen) atoms. The van der Waals surface area contributed by atoms with Crippen molar-refractivity contribution in [3.8, 4) is 11.5 Å². The molecule has 0 bridgehead atoms. The lowest BCUT2D eigenvalue weighted by atomic mass is 10.3. The number of halogens is 1. The van der Waals surface area contributed by atoms with Crippen LogP contribution in [0.5, 0.6) is 11.5 Å². The standard InChI is InChI=1S/C16H17FN2O3/c1-2-21-14-5-3-4-6-15(14)22-11-18-16(20)19-13-9-7-12(17)8-10-13/h3-10H,2,11H2,1H3,(H2,18,19,20). The van der Waals surface area contributed by atoms with Gasteiger partial charge in [-0.15, -0.1) is 0 Å². The van der Waals surface area contributed by atoms with Crippen LogP contribution in [0.4, 0.5) is 14.9 Å². The summed E-state index contributed by atoms with van der Waals surface area (Å²) in [5.41, 5.74) is 0.494. The van der Waals surface area contributed by atoms with Gasteiger partial charge in [-0.1, -0.05) is 12.1 Å². The molecule has 2 amide bonds. The maximum Gasteiger partial charge on any atom is 0.321 e. The molecule has 116 valence electrons. The summed E-state index contributed by atoms with van der Waals surface area (Å²) in [5, 5.41) is 5.11. The summed E-state index contributed by atoms with van der Waals surface area (Å²) >= 11 is 0. The van der Waals surface area contributed by atoms with Crippen molar-refractivity contribution in [3.63, 3.8) is 0 Å². The fourth-order valence-electron chi connectivity index (χ4n) is 1.73. The number of amides is 2. The number of hydrogen-bond acceptors (Lipinski definition) is 3. The Labute approximate surface area is 128 Å². The number of urea groups is 1. The summed E-state index contributed by atoms with van der Waals surface area (Å²) in [5.74, 6) is 0.805. The van der Waals surface area contributed by atoms with Crippen molar-refractivity contribution >= 4 is 11.7 Å². The van der Waals surface area contributed by atoms with Crippen LogP contribution < -0.4 is 20.1 Å². The third-order valence-corrected chi connectivity index (χ3v) is 2.71. The van der Waals surface area contributed by atoms with Crippen molar-refractivity contribution in [2.75, 3.05) is 18.7 Å². The van der Waals surface area contributed by atoms with E-state index in [2.05, 4.69) is 10.6 Å². The molecule has 2 N–H and O–H groups in total. The van der Waals surface area contributed by atoms with E-state index in [0.29, 0.717) is 23.8 Å². The Morgan fingerprint density at radius 1 is 1.05 bits per heavy atom. The highest BCUT2D eigenvalue weighted by Crippen LogP contribution is 2.25. The number of carbonyl (C=O) groups is 1. The number of anilines is 1. The van der Waals surface area contributed by atoms with E-state index in [1.165, 1.54) is 24.3 Å². The maximum absolute atomic E-state index is 12.8. The number of carbonyl (C=O) groups excluding carboxylic acids is 1. The second-order valence-electron chi connectivity index (χ2n) is 4.31. The van der Waals surface area contributed by atoms with Crippen LogP contribution in [0.3, 0.4) is 0 Å². The lowest BCUT2D eigenvalue weighted by Gasteiger charge is -2.12. The third kappa shape index (κ3) is 4.66. The van der Waals surface area contributed by atoms with E-state index >= 15 is 0 Å². The van der Waals surface area contributed by atoms with Crippen LogP contribution in [0.2, 0.25) is 0 Å². The second kappa shape index (κ2) is 7.87. The number of rotatable bonds is 6. The van der Waals surface area contributed by atoms with Gasteiger partial charge in [0.2, 0.25) is 0 Å². The van der Waals surface area contributed by atoms with Gasteiger partial charge in [-0.3, -0.25) is 0 Å². The van der Waals surface area contributed by atoms with E-state index in [1.807, 2.05) is 19.1 Å². The van der Waals surface area contributed by atoms with Crippen molar-refractivity contribution in [1.29, 1.82) is 0 Å². The molecule has 0 radical (unpaired) electrons. The number of para-hydroxylation sites is 2. The zero-order valence-electron chi connectivity index (χ0n) is 12.1. The molecule has 0 heterocycles. The van der Waals surface area contributed by atoms with E-state index in [1.54, 1.807) is 12.1 Å². The van der Waals surface area contributed by atoms with Gasteiger partial charge >= 0.3 is 6.03 Å². The molecule has 0 fully saturated rings. The molecular formula is C16H17FN2O3. The van der Waals surface area contributed by atoms with Gasteiger partial charge < -0.3 is 20.1 Å². The molecule has 5 nitrogen and oxygen atoms in total. The number of ether oxygens (including phenoxy) is 2. The van der Waals surface area contributed by atoms with E-state index in [-0.39, 0.29) is 12.5 Å². The van der Waals surface area contributed by atoms with E-state index in [0.717, 1.165) is 0 Å². The smallest absolute Gasteiger partial charge is 0.321 e. The Morgan fingerprint density at radius 3 is 2.32 bits per heavy atom. The van der Waals surface area contributed by atoms with Crippen molar-refractivity contribution in [3.05, 3.63) is 54.3 Å². The van der Waals surface area contributed by atoms with Gasteiger partial charge in [0.25, 0.3) is 0 Å². The average molecular weight is 304 g/mol. The Morgan fingerprint density at radius 2 is 1.68 bits per heavy atom. The van der Waals surface area contributed by atoms with Gasteiger partial charge in [0, 0.05) is 5.69 Å². The van der Waals surface area contributed by atoms with Crippen LogP contribution in [0, 0.1) is 5.82 Å². The monoisotopic (exact) mass is 304 g/mol. The minimum atomic E-state index is -0.444. The zero-order valence-corrected chi connectivity index (χ0v) is 12.1. The summed E-state index contributed by atoms with van der Waals surface area (Å²) in [6.07, 6.45) is 0. The Hall–Kier alpha value is -2.76. The highest BCUT2D eigenvalue weighted by atomic mass is 19.1. The molecule has 0 saturated heterocycles. The molecule has 0 saturated carbocycles. The van der Waals surface area contributed by atoms with Gasteiger partial charge in [0.15, 0.2) is 18.2 Å². The van der Waals surface area contributed by atoms with Crippen molar-refractivity contribution in [1.82, 2.24) is 5.32 Å². The molecule has 0 aliphatic carbocycles. The first kappa shape index (κ1) is 15.6. The van der Waals surface area contributed by atoms with Crippen LogP contribution in [0.15, 0.2) is 48.5 Å². The lowest BCUT2D eigenvalue weighted by Crippen LogP contribution is -2.32. The van der Waals surface area contributed by atoms with E-state index < -0.39 is 6.03 Å². The molecule has 0 spiro atoms. The van der Waals surface area contributed by atoms with E-state index in [4.69, 9.17) is 9.47 Å². The van der Waals surface area contributed by atoms with Crippen LogP contribution in [-0.2, 0) is 0 Å². The number of hydrogen-bond donors (Lipinski definition) is 2. The SMILES string of the molecule is CCOc1ccccc1OCNC(=O)Nc1ccc(F)cc1. The Bertz CT molecular complexity index is 617. The molecule has 0 aromatic heterocycles. The van der Waals surface area contributed by atoms with Gasteiger partial charge in [0.1, 0.15) is 5.82 Å². The zero-order chi connectivity index (χ0) is 15.8. The van der Waals surface area contributed by atoms with Crippen LogP contribution in [0.25, 0.3) is 0 Å². The first-order chi connectivity index (χ1) is 10.7. The molecule has 2 rings (SSSR count). The van der Waals surface area contributed by atoms with Gasteiger partial charge in [-0.05, 0) is 43.3 Å². The van der Waals surface area contributed by atoms with Gasteiger partial charge in [-0.2, -0.15) is 0 Å². The third-order valence-electron chi connectivity index (χ3n) is 2.71. The Kier molecular flexibility index (Phi) is 5.59. The lowest BCUT2D eigenvalue weighted by molar-refractivity contribution is 0.229. The molecule has 6 heteroatoms.